The minimum atomic E-state index is 0.0323. The van der Waals surface area contributed by atoms with Crippen molar-refractivity contribution in [2.75, 3.05) is 0 Å². The van der Waals surface area contributed by atoms with Crippen LogP contribution in [-0.4, -0.2) is 9.55 Å². The molecule has 0 spiro atoms. The smallest absolute Gasteiger partial charge is 0.306 e. The van der Waals surface area contributed by atoms with Gasteiger partial charge >= 0.3 is 5.69 Å². The number of aryl methyl sites for hydroxylation is 1. The van der Waals surface area contributed by atoms with E-state index in [0.29, 0.717) is 0 Å². The first-order chi connectivity index (χ1) is 9.34. The summed E-state index contributed by atoms with van der Waals surface area (Å²) in [5, 5.41) is 0. The van der Waals surface area contributed by atoms with Crippen molar-refractivity contribution in [3.05, 3.63) is 34.7 Å². The average molecular weight is 258 g/mol. The van der Waals surface area contributed by atoms with Gasteiger partial charge in [-0.3, -0.25) is 4.57 Å². The van der Waals surface area contributed by atoms with Crippen LogP contribution in [0.2, 0.25) is 0 Å². The maximum Gasteiger partial charge on any atom is 0.326 e. The van der Waals surface area contributed by atoms with E-state index in [1.165, 1.54) is 38.5 Å². The van der Waals surface area contributed by atoms with E-state index in [1.807, 2.05) is 28.8 Å². The van der Waals surface area contributed by atoms with E-state index in [9.17, 15) is 4.79 Å². The predicted molar refractivity (Wildman–Crippen MR) is 78.4 cm³/mol. The molecule has 0 bridgehead atoms. The van der Waals surface area contributed by atoms with Crippen molar-refractivity contribution >= 4 is 11.0 Å². The highest BCUT2D eigenvalue weighted by atomic mass is 16.1. The number of nitrogens with one attached hydrogen (secondary N) is 1. The molecule has 19 heavy (non-hydrogen) atoms. The van der Waals surface area contributed by atoms with Crippen molar-refractivity contribution in [2.45, 2.75) is 51.5 Å². The Bertz CT molecular complexity index is 590. The highest BCUT2D eigenvalue weighted by Gasteiger charge is 2.13. The summed E-state index contributed by atoms with van der Waals surface area (Å²) in [6.45, 7) is 0.847. The lowest BCUT2D eigenvalue weighted by atomic mass is 9.86. The van der Waals surface area contributed by atoms with E-state index in [0.717, 1.165) is 29.9 Å². The molecule has 3 nitrogen and oxygen atoms in total. The summed E-state index contributed by atoms with van der Waals surface area (Å²) in [6, 6.07) is 7.94. The molecule has 0 atom stereocenters. The maximum absolute atomic E-state index is 11.9. The molecule has 0 unspecified atom stereocenters. The van der Waals surface area contributed by atoms with E-state index >= 15 is 0 Å². The van der Waals surface area contributed by atoms with Gasteiger partial charge in [0, 0.05) is 6.54 Å². The zero-order chi connectivity index (χ0) is 13.1. The number of H-pyrrole nitrogens is 1. The van der Waals surface area contributed by atoms with Crippen molar-refractivity contribution in [1.82, 2.24) is 9.55 Å². The lowest BCUT2D eigenvalue weighted by molar-refractivity contribution is 0.326. The topological polar surface area (TPSA) is 37.8 Å². The van der Waals surface area contributed by atoms with Gasteiger partial charge in [-0.1, -0.05) is 44.2 Å². The van der Waals surface area contributed by atoms with Crippen LogP contribution in [0.1, 0.15) is 44.9 Å². The third kappa shape index (κ3) is 2.75. The number of hydrogen-bond acceptors (Lipinski definition) is 1. The second kappa shape index (κ2) is 5.64. The summed E-state index contributed by atoms with van der Waals surface area (Å²) in [6.07, 6.45) is 9.39. The van der Waals surface area contributed by atoms with Crippen LogP contribution < -0.4 is 5.69 Å². The van der Waals surface area contributed by atoms with Crippen LogP contribution in [-0.2, 0) is 6.54 Å². The fraction of sp³-hybridized carbons (Fsp3) is 0.562. The number of fused-ring (bicyclic) bond motifs is 1. The molecule has 1 fully saturated rings. The number of nitrogens with zero attached hydrogens (tertiary/aromatic N) is 1. The van der Waals surface area contributed by atoms with E-state index in [4.69, 9.17) is 0 Å². The molecule has 1 heterocycles. The van der Waals surface area contributed by atoms with Gasteiger partial charge in [0.25, 0.3) is 0 Å². The predicted octanol–water partition coefficient (Wildman–Crippen LogP) is 3.69. The quantitative estimate of drug-likeness (QED) is 0.892. The molecule has 3 heteroatoms. The molecular weight excluding hydrogens is 236 g/mol. The minimum absolute atomic E-state index is 0.0323. The van der Waals surface area contributed by atoms with Crippen molar-refractivity contribution in [3.63, 3.8) is 0 Å². The van der Waals surface area contributed by atoms with Crippen molar-refractivity contribution in [3.8, 4) is 0 Å². The number of para-hydroxylation sites is 2. The summed E-state index contributed by atoms with van der Waals surface area (Å²) in [5.74, 6) is 0.898. The molecule has 0 aliphatic heterocycles. The summed E-state index contributed by atoms with van der Waals surface area (Å²) < 4.78 is 1.89. The first kappa shape index (κ1) is 12.5. The Balaban J connectivity index is 1.65. The van der Waals surface area contributed by atoms with Crippen LogP contribution in [0.15, 0.2) is 29.1 Å². The van der Waals surface area contributed by atoms with E-state index in [-0.39, 0.29) is 5.69 Å². The van der Waals surface area contributed by atoms with Crippen LogP contribution in [0, 0.1) is 5.92 Å². The number of aromatic amines is 1. The molecule has 1 aliphatic carbocycles. The highest BCUT2D eigenvalue weighted by Crippen LogP contribution is 2.27. The fourth-order valence-electron chi connectivity index (χ4n) is 3.34. The first-order valence-electron chi connectivity index (χ1n) is 7.52. The molecule has 1 aliphatic rings. The van der Waals surface area contributed by atoms with Gasteiger partial charge in [0.2, 0.25) is 0 Å². The Hall–Kier alpha value is -1.51. The number of benzene rings is 1. The van der Waals surface area contributed by atoms with Crippen molar-refractivity contribution in [1.29, 1.82) is 0 Å². The molecule has 1 saturated carbocycles. The van der Waals surface area contributed by atoms with Gasteiger partial charge in [-0.25, -0.2) is 4.79 Å². The monoisotopic (exact) mass is 258 g/mol. The largest absolute Gasteiger partial charge is 0.326 e. The molecule has 0 saturated heterocycles. The zero-order valence-corrected chi connectivity index (χ0v) is 11.4. The lowest BCUT2D eigenvalue weighted by Gasteiger charge is -2.21. The van der Waals surface area contributed by atoms with Gasteiger partial charge in [0.1, 0.15) is 0 Å². The SMILES string of the molecule is O=c1[nH]c2ccccc2n1CCCC1CCCCC1. The van der Waals surface area contributed by atoms with E-state index in [2.05, 4.69) is 4.98 Å². The summed E-state index contributed by atoms with van der Waals surface area (Å²) in [5.41, 5.74) is 2.02. The molecule has 102 valence electrons. The Morgan fingerprint density at radius 1 is 1.16 bits per heavy atom. The van der Waals surface area contributed by atoms with Crippen molar-refractivity contribution < 1.29 is 0 Å². The zero-order valence-electron chi connectivity index (χ0n) is 11.4. The van der Waals surface area contributed by atoms with Crippen LogP contribution in [0.25, 0.3) is 11.0 Å². The van der Waals surface area contributed by atoms with Crippen LogP contribution in [0.4, 0.5) is 0 Å². The summed E-state index contributed by atoms with van der Waals surface area (Å²) >= 11 is 0. The molecular formula is C16H22N2O. The van der Waals surface area contributed by atoms with Crippen LogP contribution in [0.5, 0.6) is 0 Å². The molecule has 2 aromatic rings. The average Bonchev–Trinajstić information content (AvgIpc) is 2.76. The third-order valence-corrected chi connectivity index (χ3v) is 4.40. The van der Waals surface area contributed by atoms with Gasteiger partial charge in [0.05, 0.1) is 11.0 Å². The van der Waals surface area contributed by atoms with Gasteiger partial charge in [0.15, 0.2) is 0 Å². The fourth-order valence-corrected chi connectivity index (χ4v) is 3.34. The summed E-state index contributed by atoms with van der Waals surface area (Å²) in [4.78, 5) is 14.9. The number of hydrogen-bond donors (Lipinski definition) is 1. The Morgan fingerprint density at radius 2 is 1.95 bits per heavy atom. The molecule has 1 aromatic carbocycles. The standard InChI is InChI=1S/C16H22N2O/c19-16-17-14-10-4-5-11-15(14)18(16)12-6-9-13-7-2-1-3-8-13/h4-5,10-11,13H,1-3,6-9,12H2,(H,17,19). The van der Waals surface area contributed by atoms with Crippen LogP contribution in [0.3, 0.4) is 0 Å². The number of aromatic nitrogens is 2. The molecule has 1 N–H and O–H groups in total. The minimum Gasteiger partial charge on any atom is -0.306 e. The second-order valence-corrected chi connectivity index (χ2v) is 5.75. The summed E-state index contributed by atoms with van der Waals surface area (Å²) in [7, 11) is 0. The van der Waals surface area contributed by atoms with Gasteiger partial charge in [-0.05, 0) is 30.9 Å². The van der Waals surface area contributed by atoms with Gasteiger partial charge in [-0.15, -0.1) is 0 Å². The Morgan fingerprint density at radius 3 is 2.79 bits per heavy atom. The number of rotatable bonds is 4. The first-order valence-corrected chi connectivity index (χ1v) is 7.52. The Labute approximate surface area is 113 Å². The number of imidazole rings is 1. The Kier molecular flexibility index (Phi) is 3.72. The van der Waals surface area contributed by atoms with Crippen LogP contribution >= 0.6 is 0 Å². The highest BCUT2D eigenvalue weighted by molar-refractivity contribution is 5.74. The normalized spacial score (nSPS) is 17.1. The maximum atomic E-state index is 11.9. The lowest BCUT2D eigenvalue weighted by Crippen LogP contribution is -2.17. The van der Waals surface area contributed by atoms with Gasteiger partial charge in [-0.2, -0.15) is 0 Å². The third-order valence-electron chi connectivity index (χ3n) is 4.40. The second-order valence-electron chi connectivity index (χ2n) is 5.75. The molecule has 3 rings (SSSR count). The van der Waals surface area contributed by atoms with E-state index in [1.54, 1.807) is 0 Å². The molecule has 0 amide bonds. The van der Waals surface area contributed by atoms with Gasteiger partial charge < -0.3 is 4.98 Å². The van der Waals surface area contributed by atoms with E-state index < -0.39 is 0 Å². The van der Waals surface area contributed by atoms with Crippen molar-refractivity contribution in [2.24, 2.45) is 5.92 Å². The molecule has 1 aromatic heterocycles. The molecule has 0 radical (unpaired) electrons.